The highest BCUT2D eigenvalue weighted by molar-refractivity contribution is 5.56. The van der Waals surface area contributed by atoms with Crippen molar-refractivity contribution >= 4 is 0 Å². The summed E-state index contributed by atoms with van der Waals surface area (Å²) in [4.78, 5) is 11.0. The molecule has 0 radical (unpaired) electrons. The summed E-state index contributed by atoms with van der Waals surface area (Å²) >= 11 is 0. The molecule has 1 aliphatic rings. The summed E-state index contributed by atoms with van der Waals surface area (Å²) in [5, 5.41) is 0. The number of hydrogen-bond acceptors (Lipinski definition) is 4. The molecule has 0 unspecified atom stereocenters. The van der Waals surface area contributed by atoms with Crippen LogP contribution >= 0.6 is 0 Å². The second kappa shape index (κ2) is 8.02. The number of alkyl halides is 3. The lowest BCUT2D eigenvalue weighted by atomic mass is 10.1. The molecule has 2 heterocycles. The molecule has 0 saturated heterocycles. The lowest BCUT2D eigenvalue weighted by Gasteiger charge is -2.28. The van der Waals surface area contributed by atoms with Gasteiger partial charge in [0.25, 0.3) is 0 Å². The first-order valence-electron chi connectivity index (χ1n) is 9.40. The van der Waals surface area contributed by atoms with E-state index < -0.39 is 11.7 Å². The van der Waals surface area contributed by atoms with Gasteiger partial charge in [0, 0.05) is 55.0 Å². The number of halogens is 4. The van der Waals surface area contributed by atoms with Crippen molar-refractivity contribution in [1.29, 1.82) is 0 Å². The van der Waals surface area contributed by atoms with Crippen LogP contribution in [0.2, 0.25) is 0 Å². The van der Waals surface area contributed by atoms with E-state index in [2.05, 4.69) is 14.9 Å². The molecule has 3 aromatic rings. The van der Waals surface area contributed by atoms with Gasteiger partial charge in [-0.3, -0.25) is 4.90 Å². The van der Waals surface area contributed by atoms with Crippen molar-refractivity contribution in [2.24, 2.45) is 0 Å². The average Bonchev–Trinajstić information content (AvgIpc) is 2.74. The summed E-state index contributed by atoms with van der Waals surface area (Å²) < 4.78 is 57.5. The minimum absolute atomic E-state index is 0.311. The fourth-order valence-electron chi connectivity index (χ4n) is 3.48. The van der Waals surface area contributed by atoms with Gasteiger partial charge >= 0.3 is 6.18 Å². The van der Waals surface area contributed by atoms with Gasteiger partial charge in [-0.05, 0) is 18.2 Å². The van der Waals surface area contributed by atoms with Crippen molar-refractivity contribution in [3.8, 4) is 17.1 Å². The van der Waals surface area contributed by atoms with Crippen LogP contribution in [0, 0.1) is 5.82 Å². The van der Waals surface area contributed by atoms with Crippen LogP contribution in [-0.4, -0.2) is 28.5 Å². The molecule has 4 rings (SSSR count). The van der Waals surface area contributed by atoms with Crippen molar-refractivity contribution < 1.29 is 22.3 Å². The molecule has 156 valence electrons. The van der Waals surface area contributed by atoms with Crippen LogP contribution in [0.3, 0.4) is 0 Å². The van der Waals surface area contributed by atoms with Crippen molar-refractivity contribution in [2.75, 3.05) is 13.7 Å². The third-order valence-corrected chi connectivity index (χ3v) is 5.14. The van der Waals surface area contributed by atoms with Crippen LogP contribution in [0.5, 0.6) is 5.75 Å². The third kappa shape index (κ3) is 4.28. The maximum absolute atomic E-state index is 14.2. The Morgan fingerprint density at radius 1 is 1.10 bits per heavy atom. The Morgan fingerprint density at radius 3 is 2.53 bits per heavy atom. The topological polar surface area (TPSA) is 38.2 Å². The van der Waals surface area contributed by atoms with Gasteiger partial charge in [-0.15, -0.1) is 0 Å². The van der Waals surface area contributed by atoms with Gasteiger partial charge in [-0.2, -0.15) is 13.2 Å². The molecule has 0 saturated carbocycles. The maximum atomic E-state index is 14.2. The van der Waals surface area contributed by atoms with E-state index in [0.717, 1.165) is 23.4 Å². The number of fused-ring (bicyclic) bond motifs is 1. The smallest absolute Gasteiger partial charge is 0.416 e. The lowest BCUT2D eigenvalue weighted by Crippen LogP contribution is -2.31. The zero-order valence-electron chi connectivity index (χ0n) is 16.2. The summed E-state index contributed by atoms with van der Waals surface area (Å²) in [6.07, 6.45) is -2.02. The van der Waals surface area contributed by atoms with E-state index in [4.69, 9.17) is 4.74 Å². The first-order valence-corrected chi connectivity index (χ1v) is 9.40. The third-order valence-electron chi connectivity index (χ3n) is 5.14. The molecule has 4 nitrogen and oxygen atoms in total. The predicted molar refractivity (Wildman–Crippen MR) is 103 cm³/mol. The minimum Gasteiger partial charge on any atom is -0.497 e. The summed E-state index contributed by atoms with van der Waals surface area (Å²) in [6, 6.07) is 9.64. The molecule has 0 aliphatic carbocycles. The largest absolute Gasteiger partial charge is 0.497 e. The first kappa shape index (κ1) is 20.3. The van der Waals surface area contributed by atoms with E-state index in [9.17, 15) is 17.6 Å². The molecule has 1 aliphatic heterocycles. The molecule has 0 bridgehead atoms. The molecule has 0 N–H and O–H groups in total. The lowest BCUT2D eigenvalue weighted by molar-refractivity contribution is -0.137. The molecule has 0 atom stereocenters. The van der Waals surface area contributed by atoms with E-state index in [1.54, 1.807) is 18.3 Å². The van der Waals surface area contributed by atoms with Gasteiger partial charge < -0.3 is 4.74 Å². The second-order valence-corrected chi connectivity index (χ2v) is 7.16. The normalized spacial score (nSPS) is 14.4. The Labute approximate surface area is 171 Å². The Balaban J connectivity index is 1.48. The number of ether oxygens (including phenoxy) is 1. The zero-order chi connectivity index (χ0) is 21.3. The summed E-state index contributed by atoms with van der Waals surface area (Å²) in [7, 11) is 1.49. The molecule has 2 aromatic carbocycles. The maximum Gasteiger partial charge on any atom is 0.416 e. The number of aromatic nitrogens is 2. The molecular weight excluding hydrogens is 398 g/mol. The van der Waals surface area contributed by atoms with Crippen LogP contribution in [0.1, 0.15) is 22.4 Å². The highest BCUT2D eigenvalue weighted by Gasteiger charge is 2.30. The van der Waals surface area contributed by atoms with Gasteiger partial charge in [0.1, 0.15) is 11.6 Å². The fraction of sp³-hybridized carbons (Fsp3) is 0.273. The summed E-state index contributed by atoms with van der Waals surface area (Å²) in [6.45, 7) is 1.73. The molecule has 0 fully saturated rings. The highest BCUT2D eigenvalue weighted by atomic mass is 19.4. The van der Waals surface area contributed by atoms with Crippen LogP contribution in [0.15, 0.2) is 48.7 Å². The highest BCUT2D eigenvalue weighted by Crippen LogP contribution is 2.31. The van der Waals surface area contributed by atoms with Crippen LogP contribution in [0.25, 0.3) is 11.4 Å². The van der Waals surface area contributed by atoms with Gasteiger partial charge in [0.15, 0.2) is 5.82 Å². The van der Waals surface area contributed by atoms with E-state index >= 15 is 0 Å². The Hall–Kier alpha value is -3.00. The Morgan fingerprint density at radius 2 is 1.87 bits per heavy atom. The van der Waals surface area contributed by atoms with Crippen molar-refractivity contribution in [3.63, 3.8) is 0 Å². The quantitative estimate of drug-likeness (QED) is 0.568. The molecule has 1 aromatic heterocycles. The first-order chi connectivity index (χ1) is 14.3. The monoisotopic (exact) mass is 417 g/mol. The van der Waals surface area contributed by atoms with Crippen molar-refractivity contribution in [3.05, 3.63) is 76.9 Å². The number of rotatable bonds is 4. The molecular formula is C22H19F4N3O. The van der Waals surface area contributed by atoms with Gasteiger partial charge in [0.2, 0.25) is 0 Å². The SMILES string of the molecule is COc1ccc(CN2CCc3nc(-c4ccc(C(F)(F)F)cc4)ncc3C2)c(F)c1. The number of methoxy groups -OCH3 is 1. The van der Waals surface area contributed by atoms with E-state index in [1.165, 1.54) is 25.3 Å². The zero-order valence-corrected chi connectivity index (χ0v) is 16.2. The molecule has 0 amide bonds. The van der Waals surface area contributed by atoms with Crippen molar-refractivity contribution in [2.45, 2.75) is 25.7 Å². The van der Waals surface area contributed by atoms with E-state index in [0.29, 0.717) is 48.8 Å². The summed E-state index contributed by atoms with van der Waals surface area (Å²) in [5.41, 5.74) is 2.22. The van der Waals surface area contributed by atoms with E-state index in [-0.39, 0.29) is 5.82 Å². The van der Waals surface area contributed by atoms with Crippen LogP contribution in [0.4, 0.5) is 17.6 Å². The molecule has 8 heteroatoms. The van der Waals surface area contributed by atoms with Gasteiger partial charge in [-0.25, -0.2) is 14.4 Å². The number of benzene rings is 2. The Kier molecular flexibility index (Phi) is 5.42. The van der Waals surface area contributed by atoms with Gasteiger partial charge in [0.05, 0.1) is 18.4 Å². The Bertz CT molecular complexity index is 1050. The molecule has 30 heavy (non-hydrogen) atoms. The number of hydrogen-bond donors (Lipinski definition) is 0. The van der Waals surface area contributed by atoms with E-state index in [1.807, 2.05) is 0 Å². The van der Waals surface area contributed by atoms with Crippen LogP contribution in [-0.2, 0) is 25.7 Å². The average molecular weight is 417 g/mol. The predicted octanol–water partition coefficient (Wildman–Crippen LogP) is 4.87. The van der Waals surface area contributed by atoms with Crippen LogP contribution < -0.4 is 4.74 Å². The van der Waals surface area contributed by atoms with Crippen molar-refractivity contribution in [1.82, 2.24) is 14.9 Å². The van der Waals surface area contributed by atoms with Gasteiger partial charge in [-0.1, -0.05) is 18.2 Å². The minimum atomic E-state index is -4.37. The number of nitrogens with zero attached hydrogens (tertiary/aromatic N) is 3. The molecule has 0 spiro atoms. The fourth-order valence-corrected chi connectivity index (χ4v) is 3.48. The standard InChI is InChI=1S/C22H19F4N3O/c1-30-18-7-4-15(19(23)10-18)12-29-9-8-20-16(13-29)11-27-21(28-20)14-2-5-17(6-3-14)22(24,25)26/h2-7,10-11H,8-9,12-13H2,1H3. The second-order valence-electron chi connectivity index (χ2n) is 7.16. The summed E-state index contributed by atoms with van der Waals surface area (Å²) in [5.74, 6) is 0.565.